The second-order valence-corrected chi connectivity index (χ2v) is 8.99. The molecule has 0 saturated carbocycles. The standard InChI is InChI=1S/C20H22ClN3OS2/c1-14-12-15(21)13-17-19(14)22-20(27-17)24(10-5-9-23(2)3)18(25)8-7-16-6-4-11-26-16/h4,6-8,11-13H,5,9-10H2,1-3H3/b8-7+. The summed E-state index contributed by atoms with van der Waals surface area (Å²) in [5, 5.41) is 3.41. The Morgan fingerprint density at radius 2 is 2.11 bits per heavy atom. The summed E-state index contributed by atoms with van der Waals surface area (Å²) in [7, 11) is 4.07. The Hall–Kier alpha value is -1.73. The minimum absolute atomic E-state index is 0.0510. The van der Waals surface area contributed by atoms with Crippen LogP contribution in [-0.4, -0.2) is 43.0 Å². The van der Waals surface area contributed by atoms with Gasteiger partial charge >= 0.3 is 0 Å². The topological polar surface area (TPSA) is 36.4 Å². The van der Waals surface area contributed by atoms with E-state index < -0.39 is 0 Å². The largest absolute Gasteiger partial charge is 0.309 e. The number of halogens is 1. The maximum Gasteiger partial charge on any atom is 0.252 e. The summed E-state index contributed by atoms with van der Waals surface area (Å²) in [4.78, 5) is 22.6. The number of anilines is 1. The van der Waals surface area contributed by atoms with Crippen molar-refractivity contribution in [2.24, 2.45) is 0 Å². The summed E-state index contributed by atoms with van der Waals surface area (Å²) in [5.74, 6) is -0.0510. The van der Waals surface area contributed by atoms with Crippen LogP contribution < -0.4 is 4.90 Å². The van der Waals surface area contributed by atoms with Crippen molar-refractivity contribution in [3.8, 4) is 0 Å². The molecular formula is C20H22ClN3OS2. The fourth-order valence-corrected chi connectivity index (χ4v) is 4.80. The smallest absolute Gasteiger partial charge is 0.252 e. The Kier molecular flexibility index (Phi) is 6.65. The molecule has 0 aliphatic rings. The van der Waals surface area contributed by atoms with Crippen molar-refractivity contribution < 1.29 is 4.79 Å². The highest BCUT2D eigenvalue weighted by Crippen LogP contribution is 2.33. The first-order valence-electron chi connectivity index (χ1n) is 8.68. The molecule has 0 atom stereocenters. The summed E-state index contributed by atoms with van der Waals surface area (Å²) < 4.78 is 1.00. The molecule has 0 saturated heterocycles. The van der Waals surface area contributed by atoms with Gasteiger partial charge in [-0.1, -0.05) is 29.0 Å². The van der Waals surface area contributed by atoms with Gasteiger partial charge in [0, 0.05) is 22.5 Å². The molecule has 3 aromatic rings. The van der Waals surface area contributed by atoms with Crippen molar-refractivity contribution in [2.75, 3.05) is 32.1 Å². The predicted molar refractivity (Wildman–Crippen MR) is 118 cm³/mol. The first-order chi connectivity index (χ1) is 12.9. The zero-order valence-corrected chi connectivity index (χ0v) is 18.0. The molecule has 7 heteroatoms. The van der Waals surface area contributed by atoms with Crippen molar-refractivity contribution in [1.82, 2.24) is 9.88 Å². The van der Waals surface area contributed by atoms with Gasteiger partial charge in [-0.05, 0) is 69.2 Å². The highest BCUT2D eigenvalue weighted by atomic mass is 35.5. The van der Waals surface area contributed by atoms with Gasteiger partial charge in [-0.25, -0.2) is 4.98 Å². The fourth-order valence-electron chi connectivity index (χ4n) is 2.73. The maximum absolute atomic E-state index is 12.9. The second-order valence-electron chi connectivity index (χ2n) is 6.56. The third-order valence-electron chi connectivity index (χ3n) is 4.06. The van der Waals surface area contributed by atoms with Crippen molar-refractivity contribution in [1.29, 1.82) is 0 Å². The molecule has 0 aliphatic carbocycles. The van der Waals surface area contributed by atoms with E-state index >= 15 is 0 Å². The quantitative estimate of drug-likeness (QED) is 0.486. The molecule has 0 fully saturated rings. The van der Waals surface area contributed by atoms with Gasteiger partial charge in [-0.15, -0.1) is 11.3 Å². The number of benzene rings is 1. The van der Waals surface area contributed by atoms with E-state index in [4.69, 9.17) is 16.6 Å². The van der Waals surface area contributed by atoms with E-state index in [0.29, 0.717) is 11.6 Å². The molecule has 142 valence electrons. The molecule has 1 aromatic carbocycles. The summed E-state index contributed by atoms with van der Waals surface area (Å²) in [6, 6.07) is 7.79. The SMILES string of the molecule is Cc1cc(Cl)cc2sc(N(CCCN(C)C)C(=O)/C=C/c3cccs3)nc12. The van der Waals surface area contributed by atoms with Crippen LogP contribution >= 0.6 is 34.3 Å². The van der Waals surface area contributed by atoms with Gasteiger partial charge < -0.3 is 4.90 Å². The van der Waals surface area contributed by atoms with Crippen LogP contribution in [0.15, 0.2) is 35.7 Å². The molecular weight excluding hydrogens is 398 g/mol. The number of thiazole rings is 1. The van der Waals surface area contributed by atoms with E-state index in [-0.39, 0.29) is 5.91 Å². The number of nitrogens with zero attached hydrogens (tertiary/aromatic N) is 3. The van der Waals surface area contributed by atoms with Crippen LogP contribution in [-0.2, 0) is 4.79 Å². The van der Waals surface area contributed by atoms with Crippen molar-refractivity contribution in [3.05, 3.63) is 51.2 Å². The van der Waals surface area contributed by atoms with Gasteiger partial charge in [0.15, 0.2) is 5.13 Å². The lowest BCUT2D eigenvalue weighted by molar-refractivity contribution is -0.114. The zero-order valence-electron chi connectivity index (χ0n) is 15.6. The number of carbonyl (C=O) groups excluding carboxylic acids is 1. The Morgan fingerprint density at radius 3 is 2.81 bits per heavy atom. The molecule has 3 rings (SSSR count). The predicted octanol–water partition coefficient (Wildman–Crippen LogP) is 5.32. The van der Waals surface area contributed by atoms with E-state index in [9.17, 15) is 4.79 Å². The fraction of sp³-hybridized carbons (Fsp3) is 0.300. The lowest BCUT2D eigenvalue weighted by Gasteiger charge is -2.19. The minimum atomic E-state index is -0.0510. The molecule has 0 bridgehead atoms. The van der Waals surface area contributed by atoms with Gasteiger partial charge in [-0.2, -0.15) is 0 Å². The van der Waals surface area contributed by atoms with E-state index in [1.807, 2.05) is 56.7 Å². The van der Waals surface area contributed by atoms with Crippen molar-refractivity contribution >= 4 is 61.6 Å². The lowest BCUT2D eigenvalue weighted by Crippen LogP contribution is -2.32. The monoisotopic (exact) mass is 419 g/mol. The van der Waals surface area contributed by atoms with Gasteiger partial charge in [0.1, 0.15) is 0 Å². The summed E-state index contributed by atoms with van der Waals surface area (Å²) in [6.45, 7) is 3.53. The average Bonchev–Trinajstić information content (AvgIpc) is 3.25. The average molecular weight is 420 g/mol. The molecule has 1 amide bonds. The highest BCUT2D eigenvalue weighted by Gasteiger charge is 2.18. The molecule has 2 heterocycles. The van der Waals surface area contributed by atoms with Crippen LogP contribution in [0.4, 0.5) is 5.13 Å². The Balaban J connectivity index is 1.88. The van der Waals surface area contributed by atoms with Crippen molar-refractivity contribution in [3.63, 3.8) is 0 Å². The number of hydrogen-bond acceptors (Lipinski definition) is 5. The number of carbonyl (C=O) groups is 1. The van der Waals surface area contributed by atoms with Gasteiger partial charge in [0.25, 0.3) is 5.91 Å². The number of amides is 1. The third-order valence-corrected chi connectivity index (χ3v) is 6.14. The second kappa shape index (κ2) is 8.97. The van der Waals surface area contributed by atoms with E-state index in [2.05, 4.69) is 4.90 Å². The molecule has 4 nitrogen and oxygen atoms in total. The van der Waals surface area contributed by atoms with Crippen LogP contribution in [0, 0.1) is 6.92 Å². The van der Waals surface area contributed by atoms with Crippen LogP contribution in [0.2, 0.25) is 5.02 Å². The Morgan fingerprint density at radius 1 is 1.30 bits per heavy atom. The Labute approximate surface area is 172 Å². The first-order valence-corrected chi connectivity index (χ1v) is 10.8. The zero-order chi connectivity index (χ0) is 19.4. The number of rotatable bonds is 7. The summed E-state index contributed by atoms with van der Waals surface area (Å²) in [5.41, 5.74) is 1.93. The van der Waals surface area contributed by atoms with Crippen LogP contribution in [0.25, 0.3) is 16.3 Å². The van der Waals surface area contributed by atoms with Crippen LogP contribution in [0.5, 0.6) is 0 Å². The summed E-state index contributed by atoms with van der Waals surface area (Å²) >= 11 is 9.30. The van der Waals surface area contributed by atoms with Gasteiger partial charge in [0.2, 0.25) is 0 Å². The molecule has 0 radical (unpaired) electrons. The summed E-state index contributed by atoms with van der Waals surface area (Å²) in [6.07, 6.45) is 4.37. The Bertz CT molecular complexity index is 948. The van der Waals surface area contributed by atoms with Crippen molar-refractivity contribution in [2.45, 2.75) is 13.3 Å². The molecule has 2 aromatic heterocycles. The van der Waals surface area contributed by atoms with E-state index in [1.165, 1.54) is 11.3 Å². The van der Waals surface area contributed by atoms with Crippen LogP contribution in [0.3, 0.4) is 0 Å². The number of fused-ring (bicyclic) bond motifs is 1. The van der Waals surface area contributed by atoms with Gasteiger partial charge in [-0.3, -0.25) is 9.69 Å². The lowest BCUT2D eigenvalue weighted by atomic mass is 10.2. The normalized spacial score (nSPS) is 11.7. The molecule has 27 heavy (non-hydrogen) atoms. The van der Waals surface area contributed by atoms with E-state index in [0.717, 1.165) is 38.8 Å². The number of aryl methyl sites for hydroxylation is 1. The molecule has 0 unspecified atom stereocenters. The van der Waals surface area contributed by atoms with Crippen LogP contribution in [0.1, 0.15) is 16.9 Å². The highest BCUT2D eigenvalue weighted by molar-refractivity contribution is 7.22. The third kappa shape index (κ3) is 5.17. The first kappa shape index (κ1) is 20.0. The number of hydrogen-bond donors (Lipinski definition) is 0. The number of aromatic nitrogens is 1. The van der Waals surface area contributed by atoms with E-state index in [1.54, 1.807) is 22.3 Å². The molecule has 0 N–H and O–H groups in total. The molecule has 0 spiro atoms. The van der Waals surface area contributed by atoms with Gasteiger partial charge in [0.05, 0.1) is 10.2 Å². The minimum Gasteiger partial charge on any atom is -0.309 e. The maximum atomic E-state index is 12.9. The number of thiophene rings is 1. The molecule has 0 aliphatic heterocycles.